The van der Waals surface area contributed by atoms with E-state index in [0.717, 1.165) is 18.4 Å². The van der Waals surface area contributed by atoms with Crippen LogP contribution < -0.4 is 0 Å². The van der Waals surface area contributed by atoms with Crippen LogP contribution in [-0.4, -0.2) is 14.9 Å². The van der Waals surface area contributed by atoms with E-state index in [1.165, 1.54) is 0 Å². The molecule has 0 radical (unpaired) electrons. The summed E-state index contributed by atoms with van der Waals surface area (Å²) in [5.41, 5.74) is 0.934. The van der Waals surface area contributed by atoms with Crippen LogP contribution in [0.3, 0.4) is 0 Å². The first-order chi connectivity index (χ1) is 7.04. The fraction of sp³-hybridized carbons (Fsp3) is 0.750. The van der Waals surface area contributed by atoms with Gasteiger partial charge in [0, 0.05) is 17.8 Å². The van der Waals surface area contributed by atoms with E-state index in [1.54, 1.807) is 6.20 Å². The molecule has 2 atom stereocenters. The van der Waals surface area contributed by atoms with Gasteiger partial charge in [-0.05, 0) is 26.2 Å². The summed E-state index contributed by atoms with van der Waals surface area (Å²) in [6.07, 6.45) is 5.27. The van der Waals surface area contributed by atoms with Gasteiger partial charge in [-0.2, -0.15) is 5.10 Å². The van der Waals surface area contributed by atoms with Gasteiger partial charge in [0.25, 0.3) is 0 Å². The first-order valence-electron chi connectivity index (χ1n) is 5.76. The molecular formula is C12H22N2O. The Morgan fingerprint density at radius 3 is 2.53 bits per heavy atom. The molecule has 15 heavy (non-hydrogen) atoms. The molecule has 86 valence electrons. The number of rotatable bonds is 5. The number of aromatic nitrogens is 2. The standard InChI is InChI=1S/C12H22N2O/c1-5-10(4)6-12(15)11-7-13-14(8-11)9(2)3/h7-10,12,15H,5-6H2,1-4H3. The molecule has 0 saturated heterocycles. The summed E-state index contributed by atoms with van der Waals surface area (Å²) >= 11 is 0. The van der Waals surface area contributed by atoms with Crippen molar-refractivity contribution in [3.63, 3.8) is 0 Å². The van der Waals surface area contributed by atoms with Crippen molar-refractivity contribution in [1.82, 2.24) is 9.78 Å². The minimum atomic E-state index is -0.368. The van der Waals surface area contributed by atoms with E-state index in [4.69, 9.17) is 0 Å². The molecule has 1 aromatic heterocycles. The Morgan fingerprint density at radius 2 is 2.07 bits per heavy atom. The zero-order chi connectivity index (χ0) is 11.4. The molecule has 1 aromatic rings. The summed E-state index contributed by atoms with van der Waals surface area (Å²) in [4.78, 5) is 0. The smallest absolute Gasteiger partial charge is 0.0823 e. The lowest BCUT2D eigenvalue weighted by atomic mass is 9.98. The van der Waals surface area contributed by atoms with Crippen LogP contribution in [-0.2, 0) is 0 Å². The monoisotopic (exact) mass is 210 g/mol. The van der Waals surface area contributed by atoms with Crippen molar-refractivity contribution in [3.05, 3.63) is 18.0 Å². The second-order valence-electron chi connectivity index (χ2n) is 4.61. The van der Waals surface area contributed by atoms with Gasteiger partial charge in [-0.15, -0.1) is 0 Å². The van der Waals surface area contributed by atoms with Crippen LogP contribution >= 0.6 is 0 Å². The molecule has 0 bridgehead atoms. The lowest BCUT2D eigenvalue weighted by molar-refractivity contribution is 0.146. The van der Waals surface area contributed by atoms with Crippen molar-refractivity contribution in [3.8, 4) is 0 Å². The summed E-state index contributed by atoms with van der Waals surface area (Å²) in [7, 11) is 0. The first-order valence-corrected chi connectivity index (χ1v) is 5.76. The molecule has 1 N–H and O–H groups in total. The Kier molecular flexibility index (Phi) is 4.33. The fourth-order valence-corrected chi connectivity index (χ4v) is 1.49. The lowest BCUT2D eigenvalue weighted by Crippen LogP contribution is -2.03. The zero-order valence-electron chi connectivity index (χ0n) is 10.1. The molecular weight excluding hydrogens is 188 g/mol. The molecule has 0 saturated carbocycles. The molecule has 2 unspecified atom stereocenters. The van der Waals surface area contributed by atoms with E-state index in [2.05, 4.69) is 32.8 Å². The summed E-state index contributed by atoms with van der Waals surface area (Å²) < 4.78 is 1.88. The highest BCUT2D eigenvalue weighted by molar-refractivity contribution is 5.08. The molecule has 0 aromatic carbocycles. The first kappa shape index (κ1) is 12.2. The Balaban J connectivity index is 2.61. The van der Waals surface area contributed by atoms with E-state index in [-0.39, 0.29) is 6.10 Å². The second kappa shape index (κ2) is 5.31. The minimum absolute atomic E-state index is 0.356. The van der Waals surface area contributed by atoms with E-state index < -0.39 is 0 Å². The van der Waals surface area contributed by atoms with Gasteiger partial charge in [0.1, 0.15) is 0 Å². The number of aliphatic hydroxyl groups is 1. The van der Waals surface area contributed by atoms with Gasteiger partial charge in [0.05, 0.1) is 12.3 Å². The van der Waals surface area contributed by atoms with Crippen LogP contribution in [0, 0.1) is 5.92 Å². The minimum Gasteiger partial charge on any atom is -0.388 e. The molecule has 0 fully saturated rings. The molecule has 1 rings (SSSR count). The van der Waals surface area contributed by atoms with Gasteiger partial charge in [0.2, 0.25) is 0 Å². The Bertz CT molecular complexity index is 294. The Labute approximate surface area is 92.1 Å². The molecule has 3 nitrogen and oxygen atoms in total. The van der Waals surface area contributed by atoms with Crippen LogP contribution in [0.4, 0.5) is 0 Å². The number of aliphatic hydroxyl groups excluding tert-OH is 1. The molecule has 0 aliphatic heterocycles. The van der Waals surface area contributed by atoms with Crippen LogP contribution in [0.25, 0.3) is 0 Å². The number of nitrogens with zero attached hydrogens (tertiary/aromatic N) is 2. The van der Waals surface area contributed by atoms with E-state index >= 15 is 0 Å². The highest BCUT2D eigenvalue weighted by Crippen LogP contribution is 2.22. The van der Waals surface area contributed by atoms with Crippen LogP contribution in [0.2, 0.25) is 0 Å². The SMILES string of the molecule is CCC(C)CC(O)c1cnn(C(C)C)c1. The van der Waals surface area contributed by atoms with Crippen molar-refractivity contribution in [2.75, 3.05) is 0 Å². The third-order valence-electron chi connectivity index (χ3n) is 2.86. The molecule has 0 amide bonds. The normalized spacial score (nSPS) is 15.6. The predicted octanol–water partition coefficient (Wildman–Crippen LogP) is 2.93. The molecule has 0 spiro atoms. The van der Waals surface area contributed by atoms with Gasteiger partial charge < -0.3 is 5.11 Å². The van der Waals surface area contributed by atoms with E-state index in [0.29, 0.717) is 12.0 Å². The van der Waals surface area contributed by atoms with Gasteiger partial charge in [-0.3, -0.25) is 4.68 Å². The topological polar surface area (TPSA) is 38.1 Å². The lowest BCUT2D eigenvalue weighted by Gasteiger charge is -2.13. The average molecular weight is 210 g/mol. The highest BCUT2D eigenvalue weighted by Gasteiger charge is 2.13. The van der Waals surface area contributed by atoms with Crippen molar-refractivity contribution < 1.29 is 5.11 Å². The van der Waals surface area contributed by atoms with Crippen molar-refractivity contribution in [1.29, 1.82) is 0 Å². The van der Waals surface area contributed by atoms with Gasteiger partial charge in [-0.25, -0.2) is 0 Å². The third kappa shape index (κ3) is 3.34. The Hall–Kier alpha value is -0.830. The maximum absolute atomic E-state index is 9.96. The summed E-state index contributed by atoms with van der Waals surface area (Å²) in [5, 5.41) is 14.2. The number of hydrogen-bond donors (Lipinski definition) is 1. The van der Waals surface area contributed by atoms with Crippen molar-refractivity contribution >= 4 is 0 Å². The summed E-state index contributed by atoms with van der Waals surface area (Å²) in [6, 6.07) is 0.356. The van der Waals surface area contributed by atoms with Crippen LogP contribution in [0.5, 0.6) is 0 Å². The maximum Gasteiger partial charge on any atom is 0.0823 e. The van der Waals surface area contributed by atoms with Gasteiger partial charge in [-0.1, -0.05) is 20.3 Å². The van der Waals surface area contributed by atoms with Crippen LogP contribution in [0.1, 0.15) is 58.2 Å². The largest absolute Gasteiger partial charge is 0.388 e. The summed E-state index contributed by atoms with van der Waals surface area (Å²) in [5.74, 6) is 0.558. The average Bonchev–Trinajstić information content (AvgIpc) is 2.66. The molecule has 0 aliphatic carbocycles. The van der Waals surface area contributed by atoms with Gasteiger partial charge >= 0.3 is 0 Å². The molecule has 3 heteroatoms. The van der Waals surface area contributed by atoms with Crippen molar-refractivity contribution in [2.45, 2.75) is 52.7 Å². The van der Waals surface area contributed by atoms with Crippen molar-refractivity contribution in [2.24, 2.45) is 5.92 Å². The summed E-state index contributed by atoms with van der Waals surface area (Å²) in [6.45, 7) is 8.47. The molecule has 1 heterocycles. The number of hydrogen-bond acceptors (Lipinski definition) is 2. The molecule has 0 aliphatic rings. The fourth-order valence-electron chi connectivity index (χ4n) is 1.49. The van der Waals surface area contributed by atoms with E-state index in [1.807, 2.05) is 10.9 Å². The quantitative estimate of drug-likeness (QED) is 0.811. The van der Waals surface area contributed by atoms with Crippen LogP contribution in [0.15, 0.2) is 12.4 Å². The third-order valence-corrected chi connectivity index (χ3v) is 2.86. The van der Waals surface area contributed by atoms with E-state index in [9.17, 15) is 5.11 Å². The predicted molar refractivity (Wildman–Crippen MR) is 61.6 cm³/mol. The zero-order valence-corrected chi connectivity index (χ0v) is 10.1. The highest BCUT2D eigenvalue weighted by atomic mass is 16.3. The van der Waals surface area contributed by atoms with Gasteiger partial charge in [0.15, 0.2) is 0 Å². The maximum atomic E-state index is 9.96. The second-order valence-corrected chi connectivity index (χ2v) is 4.61. The Morgan fingerprint density at radius 1 is 1.40 bits per heavy atom.